The summed E-state index contributed by atoms with van der Waals surface area (Å²) >= 11 is 0. The fourth-order valence-electron chi connectivity index (χ4n) is 3.30. The fourth-order valence-corrected chi connectivity index (χ4v) is 3.30. The molecule has 0 unspecified atom stereocenters. The molecule has 1 aromatic carbocycles. The third-order valence-electron chi connectivity index (χ3n) is 4.75. The van der Waals surface area contributed by atoms with Crippen molar-refractivity contribution in [3.8, 4) is 11.4 Å². The number of oxime groups is 1. The first-order chi connectivity index (χ1) is 13.7. The Labute approximate surface area is 164 Å². The number of hydrogen-bond acceptors (Lipinski definition) is 7. The van der Waals surface area contributed by atoms with Crippen LogP contribution in [0.5, 0.6) is 0 Å². The summed E-state index contributed by atoms with van der Waals surface area (Å²) in [5.41, 5.74) is 5.35. The number of aromatic nitrogens is 3. The number of benzene rings is 1. The van der Waals surface area contributed by atoms with Gasteiger partial charge in [-0.25, -0.2) is 15.0 Å². The Morgan fingerprint density at radius 2 is 2.00 bits per heavy atom. The van der Waals surface area contributed by atoms with Crippen molar-refractivity contribution in [1.82, 2.24) is 15.0 Å². The highest BCUT2D eigenvalue weighted by atomic mass is 16.6. The highest BCUT2D eigenvalue weighted by Crippen LogP contribution is 2.28. The van der Waals surface area contributed by atoms with E-state index < -0.39 is 0 Å². The molecule has 0 saturated carbocycles. The first kappa shape index (κ1) is 18.3. The number of rotatable bonds is 4. The van der Waals surface area contributed by atoms with Gasteiger partial charge in [0.2, 0.25) is 0 Å². The quantitative estimate of drug-likeness (QED) is 0.513. The molecular weight excluding hydrogens is 354 g/mol. The van der Waals surface area contributed by atoms with Crippen LogP contribution in [0, 0.1) is 6.92 Å². The smallest absolute Gasteiger partial charge is 0.162 e. The van der Waals surface area contributed by atoms with E-state index >= 15 is 0 Å². The Morgan fingerprint density at radius 3 is 2.75 bits per heavy atom. The van der Waals surface area contributed by atoms with Gasteiger partial charge >= 0.3 is 0 Å². The molecule has 144 valence electrons. The fraction of sp³-hybridized carbons (Fsp3) is 0.333. The zero-order chi connectivity index (χ0) is 19.5. The van der Waals surface area contributed by atoms with Gasteiger partial charge in [-0.05, 0) is 26.0 Å². The van der Waals surface area contributed by atoms with Gasteiger partial charge in [-0.15, -0.1) is 0 Å². The van der Waals surface area contributed by atoms with E-state index in [4.69, 9.17) is 19.5 Å². The van der Waals surface area contributed by atoms with E-state index in [-0.39, 0.29) is 0 Å². The van der Waals surface area contributed by atoms with Crippen molar-refractivity contribution in [3.05, 3.63) is 47.7 Å². The summed E-state index contributed by atoms with van der Waals surface area (Å²) in [7, 11) is 1.53. The topological polar surface area (TPSA) is 72.7 Å². The number of anilines is 1. The average molecular weight is 377 g/mol. The summed E-state index contributed by atoms with van der Waals surface area (Å²) in [6.07, 6.45) is 1.79. The van der Waals surface area contributed by atoms with Gasteiger partial charge in [-0.1, -0.05) is 28.9 Å². The van der Waals surface area contributed by atoms with Crippen LogP contribution >= 0.6 is 0 Å². The van der Waals surface area contributed by atoms with Crippen LogP contribution in [0.15, 0.2) is 41.7 Å². The Kier molecular flexibility index (Phi) is 5.16. The van der Waals surface area contributed by atoms with Crippen molar-refractivity contribution in [1.29, 1.82) is 0 Å². The van der Waals surface area contributed by atoms with Crippen LogP contribution < -0.4 is 4.90 Å². The number of hydrogen-bond donors (Lipinski definition) is 0. The van der Waals surface area contributed by atoms with Crippen LogP contribution in [0.3, 0.4) is 0 Å². The predicted molar refractivity (Wildman–Crippen MR) is 110 cm³/mol. The Hall–Kier alpha value is -3.06. The normalized spacial score (nSPS) is 15.1. The molecule has 28 heavy (non-hydrogen) atoms. The molecule has 1 fully saturated rings. The van der Waals surface area contributed by atoms with Gasteiger partial charge in [0.1, 0.15) is 12.6 Å². The molecule has 0 spiro atoms. The van der Waals surface area contributed by atoms with Crippen LogP contribution in [0.4, 0.5) is 5.82 Å². The van der Waals surface area contributed by atoms with E-state index in [2.05, 4.69) is 34.1 Å². The minimum Gasteiger partial charge on any atom is -0.399 e. The van der Waals surface area contributed by atoms with E-state index in [0.29, 0.717) is 19.0 Å². The molecule has 1 aliphatic rings. The van der Waals surface area contributed by atoms with Gasteiger partial charge in [-0.2, -0.15) is 0 Å². The van der Waals surface area contributed by atoms with Crippen LogP contribution in [0.1, 0.15) is 18.1 Å². The average Bonchev–Trinajstić information content (AvgIpc) is 2.73. The molecule has 7 heteroatoms. The summed E-state index contributed by atoms with van der Waals surface area (Å²) in [5.74, 6) is 1.54. The summed E-state index contributed by atoms with van der Waals surface area (Å²) in [6.45, 7) is 6.89. The lowest BCUT2D eigenvalue weighted by atomic mass is 10.1. The molecule has 0 amide bonds. The second-order valence-corrected chi connectivity index (χ2v) is 6.79. The second-order valence-electron chi connectivity index (χ2n) is 6.79. The summed E-state index contributed by atoms with van der Waals surface area (Å²) < 4.78 is 5.51. The monoisotopic (exact) mass is 377 g/mol. The van der Waals surface area contributed by atoms with Gasteiger partial charge < -0.3 is 14.5 Å². The Morgan fingerprint density at radius 1 is 1.18 bits per heavy atom. The third-order valence-corrected chi connectivity index (χ3v) is 4.75. The van der Waals surface area contributed by atoms with Crippen LogP contribution in [0.25, 0.3) is 22.4 Å². The van der Waals surface area contributed by atoms with Crippen molar-refractivity contribution >= 4 is 22.6 Å². The van der Waals surface area contributed by atoms with Crippen molar-refractivity contribution in [2.45, 2.75) is 13.8 Å². The summed E-state index contributed by atoms with van der Waals surface area (Å²) in [6, 6.07) is 10.2. The maximum Gasteiger partial charge on any atom is 0.162 e. The minimum atomic E-state index is 0.683. The van der Waals surface area contributed by atoms with Gasteiger partial charge in [0, 0.05) is 30.4 Å². The standard InChI is InChI=1S/C21H23N5O2/c1-14-5-4-6-16(11-14)20-23-18-12-17(15(2)25-27-3)13-22-19(18)21(24-20)26-7-9-28-10-8-26/h4-6,11-13H,7-10H2,1-3H3. The van der Waals surface area contributed by atoms with Crippen molar-refractivity contribution < 1.29 is 9.57 Å². The molecule has 0 bridgehead atoms. The molecule has 3 heterocycles. The zero-order valence-electron chi connectivity index (χ0n) is 16.3. The molecule has 0 N–H and O–H groups in total. The lowest BCUT2D eigenvalue weighted by Gasteiger charge is -2.28. The number of fused-ring (bicyclic) bond motifs is 1. The molecule has 1 aliphatic heterocycles. The number of ether oxygens (including phenoxy) is 1. The van der Waals surface area contributed by atoms with Crippen LogP contribution in [-0.2, 0) is 9.57 Å². The first-order valence-corrected chi connectivity index (χ1v) is 9.31. The van der Waals surface area contributed by atoms with Gasteiger partial charge in [0.25, 0.3) is 0 Å². The minimum absolute atomic E-state index is 0.683. The van der Waals surface area contributed by atoms with Gasteiger partial charge in [-0.3, -0.25) is 0 Å². The molecule has 4 rings (SSSR count). The third kappa shape index (κ3) is 3.66. The summed E-state index contributed by atoms with van der Waals surface area (Å²) in [5, 5.41) is 4.01. The molecule has 7 nitrogen and oxygen atoms in total. The number of morpholine rings is 1. The molecule has 1 saturated heterocycles. The zero-order valence-corrected chi connectivity index (χ0v) is 16.3. The van der Waals surface area contributed by atoms with E-state index in [1.54, 1.807) is 6.20 Å². The van der Waals surface area contributed by atoms with E-state index in [1.165, 1.54) is 12.7 Å². The first-order valence-electron chi connectivity index (χ1n) is 9.31. The largest absolute Gasteiger partial charge is 0.399 e. The van der Waals surface area contributed by atoms with E-state index in [1.807, 2.05) is 25.1 Å². The van der Waals surface area contributed by atoms with Crippen molar-refractivity contribution in [2.75, 3.05) is 38.3 Å². The number of nitrogens with zero attached hydrogens (tertiary/aromatic N) is 5. The van der Waals surface area contributed by atoms with Crippen LogP contribution in [-0.4, -0.2) is 54.1 Å². The molecule has 0 radical (unpaired) electrons. The van der Waals surface area contributed by atoms with Crippen LogP contribution in [0.2, 0.25) is 0 Å². The molecular formula is C21H23N5O2. The Balaban J connectivity index is 1.90. The van der Waals surface area contributed by atoms with E-state index in [0.717, 1.165) is 46.8 Å². The lowest BCUT2D eigenvalue weighted by molar-refractivity contribution is 0.122. The summed E-state index contributed by atoms with van der Waals surface area (Å²) in [4.78, 5) is 21.5. The number of pyridine rings is 1. The molecule has 0 aliphatic carbocycles. The van der Waals surface area contributed by atoms with Crippen molar-refractivity contribution in [2.24, 2.45) is 5.16 Å². The maximum absolute atomic E-state index is 5.51. The SMILES string of the molecule is CON=C(C)c1cnc2c(N3CCOCC3)nc(-c3cccc(C)c3)nc2c1. The Bertz CT molecular complexity index is 1030. The van der Waals surface area contributed by atoms with Crippen molar-refractivity contribution in [3.63, 3.8) is 0 Å². The highest BCUT2D eigenvalue weighted by Gasteiger charge is 2.19. The van der Waals surface area contributed by atoms with Gasteiger partial charge in [0.05, 0.1) is 24.4 Å². The number of aryl methyl sites for hydroxylation is 1. The predicted octanol–water partition coefficient (Wildman–Crippen LogP) is 3.21. The maximum atomic E-state index is 5.51. The highest BCUT2D eigenvalue weighted by molar-refractivity contribution is 6.01. The lowest BCUT2D eigenvalue weighted by Crippen LogP contribution is -2.37. The molecule has 3 aromatic rings. The van der Waals surface area contributed by atoms with E-state index in [9.17, 15) is 0 Å². The molecule has 2 aromatic heterocycles. The second kappa shape index (κ2) is 7.90. The molecule has 0 atom stereocenters. The van der Waals surface area contributed by atoms with Gasteiger partial charge in [0.15, 0.2) is 11.6 Å².